The third-order valence-electron chi connectivity index (χ3n) is 1.69. The molecule has 1 aromatic carbocycles. The van der Waals surface area contributed by atoms with E-state index in [9.17, 15) is 18.0 Å². The summed E-state index contributed by atoms with van der Waals surface area (Å²) >= 11 is 0. The summed E-state index contributed by atoms with van der Waals surface area (Å²) in [5.41, 5.74) is 0.420. The van der Waals surface area contributed by atoms with Crippen molar-refractivity contribution < 1.29 is 23.1 Å². The van der Waals surface area contributed by atoms with Gasteiger partial charge in [0.05, 0.1) is 5.56 Å². The van der Waals surface area contributed by atoms with Crippen molar-refractivity contribution in [1.29, 1.82) is 0 Å². The number of aromatic carboxylic acids is 1. The van der Waals surface area contributed by atoms with E-state index in [0.717, 1.165) is 0 Å². The fraction of sp³-hybridized carbons (Fsp3) is 0.222. The average Bonchev–Trinajstić information content (AvgIpc) is 2.14. The predicted octanol–water partition coefficient (Wildman–Crippen LogP) is 1.99. The lowest BCUT2D eigenvalue weighted by molar-refractivity contribution is -0.158. The van der Waals surface area contributed by atoms with Crippen LogP contribution >= 0.6 is 0 Å². The SMILES string of the molecule is O=C(O)c1ccc(CNC(F)(F)F)cc1. The molecular formula is C9H8F3NO2. The molecule has 15 heavy (non-hydrogen) atoms. The minimum absolute atomic E-state index is 0.0470. The molecule has 2 N–H and O–H groups in total. The first-order valence-corrected chi connectivity index (χ1v) is 4.02. The summed E-state index contributed by atoms with van der Waals surface area (Å²) in [6, 6.07) is 5.19. The van der Waals surface area contributed by atoms with Crippen molar-refractivity contribution in [3.05, 3.63) is 35.4 Å². The summed E-state index contributed by atoms with van der Waals surface area (Å²) in [7, 11) is 0. The summed E-state index contributed by atoms with van der Waals surface area (Å²) in [5, 5.41) is 9.88. The normalized spacial score (nSPS) is 11.4. The molecule has 1 aromatic rings. The van der Waals surface area contributed by atoms with E-state index in [0.29, 0.717) is 5.56 Å². The van der Waals surface area contributed by atoms with Crippen LogP contribution < -0.4 is 5.32 Å². The Bertz CT molecular complexity index is 345. The van der Waals surface area contributed by atoms with Crippen molar-refractivity contribution in [2.24, 2.45) is 0 Å². The van der Waals surface area contributed by atoms with Gasteiger partial charge in [0.2, 0.25) is 0 Å². The first kappa shape index (κ1) is 11.5. The number of benzene rings is 1. The molecule has 1 rings (SSSR count). The van der Waals surface area contributed by atoms with E-state index in [4.69, 9.17) is 5.11 Å². The fourth-order valence-corrected chi connectivity index (χ4v) is 0.967. The predicted molar refractivity (Wildman–Crippen MR) is 46.3 cm³/mol. The van der Waals surface area contributed by atoms with Crippen molar-refractivity contribution in [3.8, 4) is 0 Å². The number of hydrogen-bond donors (Lipinski definition) is 2. The van der Waals surface area contributed by atoms with E-state index in [1.54, 1.807) is 0 Å². The van der Waals surface area contributed by atoms with Gasteiger partial charge in [-0.05, 0) is 17.7 Å². The number of carbonyl (C=O) groups is 1. The molecule has 0 aliphatic rings. The van der Waals surface area contributed by atoms with Crippen LogP contribution in [0.25, 0.3) is 0 Å². The molecule has 0 aliphatic heterocycles. The Morgan fingerprint density at radius 2 is 1.80 bits per heavy atom. The molecular weight excluding hydrogens is 211 g/mol. The van der Waals surface area contributed by atoms with E-state index in [1.807, 2.05) is 0 Å². The topological polar surface area (TPSA) is 49.3 Å². The highest BCUT2D eigenvalue weighted by molar-refractivity contribution is 5.87. The maximum atomic E-state index is 11.7. The molecule has 0 spiro atoms. The standard InChI is InChI=1S/C9H8F3NO2/c10-9(11,12)13-5-6-1-3-7(4-2-6)8(14)15/h1-4,13H,5H2,(H,14,15). The molecule has 82 valence electrons. The molecule has 0 atom stereocenters. The van der Waals surface area contributed by atoms with Gasteiger partial charge in [0.25, 0.3) is 0 Å². The van der Waals surface area contributed by atoms with Gasteiger partial charge in [-0.15, -0.1) is 0 Å². The minimum atomic E-state index is -4.43. The Morgan fingerprint density at radius 1 is 1.27 bits per heavy atom. The Kier molecular flexibility index (Phi) is 3.31. The summed E-state index contributed by atoms with van der Waals surface area (Å²) in [5.74, 6) is -1.11. The second-order valence-electron chi connectivity index (χ2n) is 2.85. The molecule has 0 aliphatic carbocycles. The van der Waals surface area contributed by atoms with E-state index in [2.05, 4.69) is 0 Å². The van der Waals surface area contributed by atoms with E-state index in [1.165, 1.54) is 29.6 Å². The van der Waals surface area contributed by atoms with Crippen molar-refractivity contribution >= 4 is 5.97 Å². The van der Waals surface area contributed by atoms with E-state index in [-0.39, 0.29) is 12.1 Å². The van der Waals surface area contributed by atoms with Crippen LogP contribution in [0.4, 0.5) is 13.2 Å². The van der Waals surface area contributed by atoms with Crippen molar-refractivity contribution in [2.45, 2.75) is 12.8 Å². The zero-order valence-electron chi connectivity index (χ0n) is 7.51. The number of carboxylic acids is 1. The number of rotatable bonds is 3. The van der Waals surface area contributed by atoms with E-state index < -0.39 is 12.3 Å². The Hall–Kier alpha value is -1.56. The highest BCUT2D eigenvalue weighted by Gasteiger charge is 2.25. The summed E-state index contributed by atoms with van der Waals surface area (Å²) in [6.07, 6.45) is -4.43. The van der Waals surface area contributed by atoms with Crippen molar-refractivity contribution in [2.75, 3.05) is 0 Å². The van der Waals surface area contributed by atoms with Crippen molar-refractivity contribution in [1.82, 2.24) is 5.32 Å². The molecule has 0 fully saturated rings. The van der Waals surface area contributed by atoms with Crippen LogP contribution in [0.2, 0.25) is 0 Å². The molecule has 0 unspecified atom stereocenters. The van der Waals surface area contributed by atoms with Gasteiger partial charge in [-0.3, -0.25) is 0 Å². The third kappa shape index (κ3) is 3.99. The van der Waals surface area contributed by atoms with Crippen molar-refractivity contribution in [3.63, 3.8) is 0 Å². The van der Waals surface area contributed by atoms with Crippen LogP contribution in [0.15, 0.2) is 24.3 Å². The van der Waals surface area contributed by atoms with Crippen LogP contribution in [-0.2, 0) is 6.54 Å². The molecule has 0 saturated heterocycles. The highest BCUT2D eigenvalue weighted by atomic mass is 19.4. The summed E-state index contributed by atoms with van der Waals surface area (Å²) in [4.78, 5) is 10.4. The van der Waals surface area contributed by atoms with Gasteiger partial charge in [0.15, 0.2) is 0 Å². The fourth-order valence-electron chi connectivity index (χ4n) is 0.967. The molecule has 0 heterocycles. The number of nitrogens with one attached hydrogen (secondary N) is 1. The molecule has 0 saturated carbocycles. The smallest absolute Gasteiger partial charge is 0.457 e. The van der Waals surface area contributed by atoms with Crippen LogP contribution in [0.3, 0.4) is 0 Å². The second kappa shape index (κ2) is 4.31. The number of carboxylic acid groups (broad SMARTS) is 1. The molecule has 6 heteroatoms. The van der Waals surface area contributed by atoms with Gasteiger partial charge in [0, 0.05) is 6.54 Å². The van der Waals surface area contributed by atoms with Gasteiger partial charge in [-0.2, -0.15) is 13.2 Å². The summed E-state index contributed by atoms with van der Waals surface area (Å²) < 4.78 is 35.2. The largest absolute Gasteiger partial charge is 0.478 e. The molecule has 0 bridgehead atoms. The molecule has 0 amide bonds. The molecule has 0 radical (unpaired) electrons. The Morgan fingerprint density at radius 3 is 2.20 bits per heavy atom. The second-order valence-corrected chi connectivity index (χ2v) is 2.85. The maximum Gasteiger partial charge on any atom is 0.457 e. The molecule has 3 nitrogen and oxygen atoms in total. The number of alkyl halides is 3. The number of halogens is 3. The average molecular weight is 219 g/mol. The number of hydrogen-bond acceptors (Lipinski definition) is 2. The van der Waals surface area contributed by atoms with Gasteiger partial charge in [0.1, 0.15) is 0 Å². The minimum Gasteiger partial charge on any atom is -0.478 e. The van der Waals surface area contributed by atoms with Crippen LogP contribution in [-0.4, -0.2) is 17.4 Å². The zero-order chi connectivity index (χ0) is 11.5. The first-order valence-electron chi connectivity index (χ1n) is 4.02. The summed E-state index contributed by atoms with van der Waals surface area (Å²) in [6.45, 7) is -0.372. The monoisotopic (exact) mass is 219 g/mol. The van der Waals surface area contributed by atoms with E-state index >= 15 is 0 Å². The van der Waals surface area contributed by atoms with Crippen LogP contribution in [0.5, 0.6) is 0 Å². The van der Waals surface area contributed by atoms with Crippen LogP contribution in [0.1, 0.15) is 15.9 Å². The lowest BCUT2D eigenvalue weighted by Gasteiger charge is -2.08. The lowest BCUT2D eigenvalue weighted by atomic mass is 10.1. The van der Waals surface area contributed by atoms with Crippen LogP contribution in [0, 0.1) is 0 Å². The van der Waals surface area contributed by atoms with Gasteiger partial charge < -0.3 is 5.11 Å². The third-order valence-corrected chi connectivity index (χ3v) is 1.69. The molecule has 0 aromatic heterocycles. The zero-order valence-corrected chi connectivity index (χ0v) is 7.51. The van der Waals surface area contributed by atoms with Gasteiger partial charge in [-0.25, -0.2) is 10.1 Å². The lowest BCUT2D eigenvalue weighted by Crippen LogP contribution is -2.30. The quantitative estimate of drug-likeness (QED) is 0.764. The van der Waals surface area contributed by atoms with Gasteiger partial charge >= 0.3 is 12.3 Å². The highest BCUT2D eigenvalue weighted by Crippen LogP contribution is 2.11. The Balaban J connectivity index is 2.61. The first-order chi connectivity index (χ1) is 6.88. The Labute approximate surface area is 83.5 Å². The maximum absolute atomic E-state index is 11.7. The van der Waals surface area contributed by atoms with Gasteiger partial charge in [-0.1, -0.05) is 12.1 Å².